The highest BCUT2D eigenvalue weighted by molar-refractivity contribution is 4.89. The van der Waals surface area contributed by atoms with Crippen LogP contribution in [0.1, 0.15) is 40.5 Å². The predicted molar refractivity (Wildman–Crippen MR) is 44.8 cm³/mol. The Labute approximate surface area is 64.3 Å². The van der Waals surface area contributed by atoms with Crippen LogP contribution in [0.2, 0.25) is 0 Å². The van der Waals surface area contributed by atoms with Crippen molar-refractivity contribution >= 4 is 0 Å². The van der Waals surface area contributed by atoms with Gasteiger partial charge < -0.3 is 4.85 Å². The van der Waals surface area contributed by atoms with Crippen molar-refractivity contribution in [1.82, 2.24) is 0 Å². The number of hydrogen-bond donors (Lipinski definition) is 0. The van der Waals surface area contributed by atoms with Crippen LogP contribution in [0, 0.1) is 12.5 Å². The third-order valence-electron chi connectivity index (χ3n) is 1.64. The molecule has 0 aliphatic carbocycles. The summed E-state index contributed by atoms with van der Waals surface area (Å²) in [7, 11) is 0. The van der Waals surface area contributed by atoms with E-state index in [0.29, 0.717) is 0 Å². The SMILES string of the molecule is [C-]#[N+]C(C)(C)CCC(C)C. The lowest BCUT2D eigenvalue weighted by Gasteiger charge is -2.11. The van der Waals surface area contributed by atoms with Gasteiger partial charge in [0.1, 0.15) is 0 Å². The molecule has 0 radical (unpaired) electrons. The van der Waals surface area contributed by atoms with Crippen molar-refractivity contribution in [3.63, 3.8) is 0 Å². The Balaban J connectivity index is 3.60. The van der Waals surface area contributed by atoms with Crippen molar-refractivity contribution in [3.8, 4) is 0 Å². The van der Waals surface area contributed by atoms with Crippen LogP contribution in [-0.4, -0.2) is 5.54 Å². The van der Waals surface area contributed by atoms with E-state index in [0.717, 1.165) is 18.8 Å². The van der Waals surface area contributed by atoms with Gasteiger partial charge in [-0.3, -0.25) is 0 Å². The second kappa shape index (κ2) is 3.61. The fourth-order valence-corrected chi connectivity index (χ4v) is 0.698. The second-order valence-electron chi connectivity index (χ2n) is 3.86. The molecule has 0 saturated heterocycles. The van der Waals surface area contributed by atoms with Gasteiger partial charge >= 0.3 is 0 Å². The average Bonchev–Trinajstić information content (AvgIpc) is 1.85. The number of rotatable bonds is 3. The third-order valence-corrected chi connectivity index (χ3v) is 1.64. The normalized spacial score (nSPS) is 11.6. The Morgan fingerprint density at radius 1 is 1.40 bits per heavy atom. The van der Waals surface area contributed by atoms with Crippen LogP contribution in [0.15, 0.2) is 0 Å². The van der Waals surface area contributed by atoms with E-state index >= 15 is 0 Å². The van der Waals surface area contributed by atoms with Crippen LogP contribution < -0.4 is 0 Å². The molecule has 10 heavy (non-hydrogen) atoms. The van der Waals surface area contributed by atoms with E-state index in [1.54, 1.807) is 0 Å². The summed E-state index contributed by atoms with van der Waals surface area (Å²) in [6, 6.07) is 0. The minimum Gasteiger partial charge on any atom is -0.311 e. The Kier molecular flexibility index (Phi) is 3.42. The summed E-state index contributed by atoms with van der Waals surface area (Å²) >= 11 is 0. The van der Waals surface area contributed by atoms with Crippen LogP contribution in [0.3, 0.4) is 0 Å². The monoisotopic (exact) mass is 139 g/mol. The molecule has 0 aromatic heterocycles. The summed E-state index contributed by atoms with van der Waals surface area (Å²) < 4.78 is 0. The van der Waals surface area contributed by atoms with Crippen molar-refractivity contribution in [2.75, 3.05) is 0 Å². The van der Waals surface area contributed by atoms with E-state index in [9.17, 15) is 0 Å². The van der Waals surface area contributed by atoms with Gasteiger partial charge in [-0.1, -0.05) is 13.8 Å². The Hall–Kier alpha value is -0.510. The molecule has 0 amide bonds. The number of nitrogens with zero attached hydrogens (tertiary/aromatic N) is 1. The summed E-state index contributed by atoms with van der Waals surface area (Å²) in [5.41, 5.74) is -0.135. The van der Waals surface area contributed by atoms with E-state index in [1.807, 2.05) is 13.8 Å². The van der Waals surface area contributed by atoms with Crippen LogP contribution in [-0.2, 0) is 0 Å². The molecule has 0 saturated carbocycles. The standard InChI is InChI=1S/C9H17N/c1-8(2)6-7-9(3,4)10-5/h8H,6-7H2,1-4H3. The lowest BCUT2D eigenvalue weighted by Crippen LogP contribution is -2.14. The maximum Gasteiger partial charge on any atom is 0.227 e. The van der Waals surface area contributed by atoms with Gasteiger partial charge in [0.2, 0.25) is 5.54 Å². The molecule has 0 aromatic carbocycles. The molecular formula is C9H17N. The van der Waals surface area contributed by atoms with Gasteiger partial charge in [-0.15, -0.1) is 0 Å². The molecule has 0 aromatic rings. The maximum absolute atomic E-state index is 6.87. The first kappa shape index (κ1) is 9.49. The molecule has 1 heteroatoms. The Morgan fingerprint density at radius 3 is 2.20 bits per heavy atom. The van der Waals surface area contributed by atoms with E-state index < -0.39 is 0 Å². The molecule has 0 rings (SSSR count). The van der Waals surface area contributed by atoms with Gasteiger partial charge in [-0.2, -0.15) is 0 Å². The average molecular weight is 139 g/mol. The summed E-state index contributed by atoms with van der Waals surface area (Å²) in [5.74, 6) is 0.723. The Morgan fingerprint density at radius 2 is 1.90 bits per heavy atom. The zero-order valence-electron chi connectivity index (χ0n) is 7.44. The van der Waals surface area contributed by atoms with Gasteiger partial charge in [-0.25, -0.2) is 6.57 Å². The molecule has 0 N–H and O–H groups in total. The zero-order valence-corrected chi connectivity index (χ0v) is 7.44. The topological polar surface area (TPSA) is 4.36 Å². The van der Waals surface area contributed by atoms with Gasteiger partial charge in [0, 0.05) is 20.3 Å². The van der Waals surface area contributed by atoms with Crippen LogP contribution in [0.25, 0.3) is 4.85 Å². The Bertz CT molecular complexity index is 128. The highest BCUT2D eigenvalue weighted by Crippen LogP contribution is 2.19. The van der Waals surface area contributed by atoms with Crippen molar-refractivity contribution < 1.29 is 0 Å². The minimum atomic E-state index is -0.135. The quantitative estimate of drug-likeness (QED) is 0.529. The van der Waals surface area contributed by atoms with Crippen molar-refractivity contribution in [1.29, 1.82) is 0 Å². The van der Waals surface area contributed by atoms with Crippen molar-refractivity contribution in [2.45, 2.75) is 46.1 Å². The van der Waals surface area contributed by atoms with Crippen molar-refractivity contribution in [2.24, 2.45) is 5.92 Å². The van der Waals surface area contributed by atoms with E-state index in [4.69, 9.17) is 6.57 Å². The van der Waals surface area contributed by atoms with Gasteiger partial charge in [0.15, 0.2) is 0 Å². The summed E-state index contributed by atoms with van der Waals surface area (Å²) in [6.07, 6.45) is 2.18. The largest absolute Gasteiger partial charge is 0.311 e. The lowest BCUT2D eigenvalue weighted by atomic mass is 9.95. The summed E-state index contributed by atoms with van der Waals surface area (Å²) in [4.78, 5) is 3.54. The van der Waals surface area contributed by atoms with Crippen LogP contribution in [0.5, 0.6) is 0 Å². The van der Waals surface area contributed by atoms with Crippen molar-refractivity contribution in [3.05, 3.63) is 11.4 Å². The summed E-state index contributed by atoms with van der Waals surface area (Å²) in [5, 5.41) is 0. The lowest BCUT2D eigenvalue weighted by molar-refractivity contribution is 0.462. The zero-order chi connectivity index (χ0) is 8.20. The fourth-order valence-electron chi connectivity index (χ4n) is 0.698. The molecule has 0 bridgehead atoms. The minimum absolute atomic E-state index is 0.135. The molecule has 0 aliphatic rings. The molecule has 0 spiro atoms. The van der Waals surface area contributed by atoms with E-state index in [1.165, 1.54) is 0 Å². The third kappa shape index (κ3) is 4.38. The molecule has 0 heterocycles. The molecular weight excluding hydrogens is 122 g/mol. The first-order valence-corrected chi connectivity index (χ1v) is 3.86. The maximum atomic E-state index is 6.87. The number of hydrogen-bond acceptors (Lipinski definition) is 0. The highest BCUT2D eigenvalue weighted by atomic mass is 14.8. The highest BCUT2D eigenvalue weighted by Gasteiger charge is 2.21. The smallest absolute Gasteiger partial charge is 0.227 e. The molecule has 1 nitrogen and oxygen atoms in total. The predicted octanol–water partition coefficient (Wildman–Crippen LogP) is 3.12. The molecule has 0 fully saturated rings. The molecule has 0 atom stereocenters. The molecule has 0 unspecified atom stereocenters. The first-order valence-electron chi connectivity index (χ1n) is 3.86. The second-order valence-corrected chi connectivity index (χ2v) is 3.86. The van der Waals surface area contributed by atoms with Crippen LogP contribution >= 0.6 is 0 Å². The van der Waals surface area contributed by atoms with E-state index in [-0.39, 0.29) is 5.54 Å². The first-order chi connectivity index (χ1) is 4.48. The molecule has 58 valence electrons. The van der Waals surface area contributed by atoms with E-state index in [2.05, 4.69) is 18.7 Å². The molecule has 0 aliphatic heterocycles. The van der Waals surface area contributed by atoms with Gasteiger partial charge in [-0.05, 0) is 12.3 Å². The fraction of sp³-hybridized carbons (Fsp3) is 0.889. The van der Waals surface area contributed by atoms with Gasteiger partial charge in [0.05, 0.1) is 0 Å². The summed E-state index contributed by atoms with van der Waals surface area (Å²) in [6.45, 7) is 15.3. The van der Waals surface area contributed by atoms with Gasteiger partial charge in [0.25, 0.3) is 0 Å². The van der Waals surface area contributed by atoms with Crippen LogP contribution in [0.4, 0.5) is 0 Å².